The maximum Gasteiger partial charge on any atom is 0.254 e. The van der Waals surface area contributed by atoms with Gasteiger partial charge in [0.2, 0.25) is 0 Å². The number of hydrogen-bond acceptors (Lipinski definition) is 7. The summed E-state index contributed by atoms with van der Waals surface area (Å²) in [6.07, 6.45) is 0.851. The van der Waals surface area contributed by atoms with Crippen molar-refractivity contribution in [1.82, 2.24) is 15.0 Å². The number of aromatic nitrogens is 1. The Labute approximate surface area is 188 Å². The molecule has 0 bridgehead atoms. The second kappa shape index (κ2) is 9.21. The monoisotopic (exact) mass is 441 g/mol. The van der Waals surface area contributed by atoms with Crippen LogP contribution in [-0.4, -0.2) is 77.6 Å². The predicted molar refractivity (Wildman–Crippen MR) is 116 cm³/mol. The number of amides is 1. The van der Waals surface area contributed by atoms with Gasteiger partial charge in [0.05, 0.1) is 31.6 Å². The van der Waals surface area contributed by atoms with Crippen molar-refractivity contribution in [2.75, 3.05) is 39.4 Å². The molecule has 2 aliphatic heterocycles. The van der Waals surface area contributed by atoms with Gasteiger partial charge in [-0.1, -0.05) is 5.16 Å². The third-order valence-electron chi connectivity index (χ3n) is 6.90. The molecule has 5 rings (SSSR count). The van der Waals surface area contributed by atoms with Gasteiger partial charge in [0, 0.05) is 37.8 Å². The Bertz CT molecular complexity index is 924. The third-order valence-corrected chi connectivity index (χ3v) is 6.90. The number of carbonyl (C=O) groups is 1. The number of ether oxygens (including phenoxy) is 2. The number of likely N-dealkylation sites (tertiary alicyclic amines) is 1. The van der Waals surface area contributed by atoms with Gasteiger partial charge in [-0.3, -0.25) is 9.69 Å². The summed E-state index contributed by atoms with van der Waals surface area (Å²) in [6.45, 7) is 7.06. The number of benzene rings is 1. The van der Waals surface area contributed by atoms with E-state index in [0.29, 0.717) is 49.5 Å². The lowest BCUT2D eigenvalue weighted by Crippen LogP contribution is -2.42. The van der Waals surface area contributed by atoms with Gasteiger partial charge < -0.3 is 24.0 Å². The molecule has 4 atom stereocenters. The Balaban J connectivity index is 1.17. The molecule has 2 saturated heterocycles. The van der Waals surface area contributed by atoms with Crippen molar-refractivity contribution in [2.45, 2.75) is 38.5 Å². The highest BCUT2D eigenvalue weighted by molar-refractivity contribution is 5.94. The van der Waals surface area contributed by atoms with Gasteiger partial charge in [0.1, 0.15) is 11.9 Å². The molecule has 1 amide bonds. The highest BCUT2D eigenvalue weighted by atomic mass is 16.5. The first-order chi connectivity index (χ1) is 15.5. The van der Waals surface area contributed by atoms with E-state index in [1.54, 1.807) is 0 Å². The van der Waals surface area contributed by atoms with Crippen LogP contribution in [0.15, 0.2) is 34.9 Å². The first-order valence-electron chi connectivity index (χ1n) is 11.5. The normalized spacial score (nSPS) is 28.5. The topological polar surface area (TPSA) is 88.3 Å². The van der Waals surface area contributed by atoms with E-state index in [-0.39, 0.29) is 12.0 Å². The van der Waals surface area contributed by atoms with Crippen LogP contribution in [0.2, 0.25) is 0 Å². The van der Waals surface area contributed by atoms with E-state index >= 15 is 0 Å². The van der Waals surface area contributed by atoms with Gasteiger partial charge in [-0.05, 0) is 55.9 Å². The lowest BCUT2D eigenvalue weighted by atomic mass is 9.78. The third kappa shape index (κ3) is 4.67. The molecule has 3 fully saturated rings. The van der Waals surface area contributed by atoms with Crippen LogP contribution in [0.4, 0.5) is 0 Å². The molecule has 0 radical (unpaired) electrons. The fourth-order valence-electron chi connectivity index (χ4n) is 5.25. The van der Waals surface area contributed by atoms with Crippen molar-refractivity contribution in [2.24, 2.45) is 11.8 Å². The second-order valence-electron chi connectivity index (χ2n) is 9.27. The summed E-state index contributed by atoms with van der Waals surface area (Å²) in [7, 11) is 0. The average molecular weight is 442 g/mol. The fourth-order valence-corrected chi connectivity index (χ4v) is 5.25. The van der Waals surface area contributed by atoms with Gasteiger partial charge in [-0.25, -0.2) is 0 Å². The highest BCUT2D eigenvalue weighted by Crippen LogP contribution is 2.38. The summed E-state index contributed by atoms with van der Waals surface area (Å²) >= 11 is 0. The number of morpholine rings is 1. The lowest BCUT2D eigenvalue weighted by Gasteiger charge is -2.35. The van der Waals surface area contributed by atoms with E-state index < -0.39 is 6.10 Å². The van der Waals surface area contributed by atoms with Crippen LogP contribution in [0.3, 0.4) is 0 Å². The Morgan fingerprint density at radius 1 is 1.16 bits per heavy atom. The first kappa shape index (κ1) is 21.4. The number of rotatable bonds is 5. The number of nitrogens with zero attached hydrogens (tertiary/aromatic N) is 3. The smallest absolute Gasteiger partial charge is 0.254 e. The fraction of sp³-hybridized carbons (Fsp3) is 0.583. The minimum Gasteiger partial charge on any atom is -0.488 e. The zero-order chi connectivity index (χ0) is 22.1. The van der Waals surface area contributed by atoms with Gasteiger partial charge in [-0.2, -0.15) is 0 Å². The molecule has 2 aromatic rings. The number of aliphatic hydroxyl groups is 1. The molecule has 1 aromatic carbocycles. The molecule has 8 heteroatoms. The number of aryl methyl sites for hydroxylation is 1. The summed E-state index contributed by atoms with van der Waals surface area (Å²) in [6, 6.07) is 9.26. The van der Waals surface area contributed by atoms with Crippen molar-refractivity contribution in [3.05, 3.63) is 47.3 Å². The molecule has 3 heterocycles. The summed E-state index contributed by atoms with van der Waals surface area (Å²) < 4.78 is 16.9. The molecular formula is C24H31N3O5. The van der Waals surface area contributed by atoms with E-state index in [2.05, 4.69) is 10.1 Å². The number of carbonyl (C=O) groups excluding carboxylic acids is 1. The van der Waals surface area contributed by atoms with Crippen LogP contribution < -0.4 is 4.74 Å². The quantitative estimate of drug-likeness (QED) is 0.760. The molecule has 1 saturated carbocycles. The van der Waals surface area contributed by atoms with E-state index in [1.165, 1.54) is 0 Å². The summed E-state index contributed by atoms with van der Waals surface area (Å²) in [4.78, 5) is 16.8. The van der Waals surface area contributed by atoms with Crippen LogP contribution in [0.25, 0.3) is 0 Å². The first-order valence-corrected chi connectivity index (χ1v) is 11.5. The van der Waals surface area contributed by atoms with Crippen molar-refractivity contribution >= 4 is 5.91 Å². The number of hydrogen-bond donors (Lipinski definition) is 1. The molecule has 8 nitrogen and oxygen atoms in total. The minimum atomic E-state index is -0.488. The predicted octanol–water partition coefficient (Wildman–Crippen LogP) is 2.11. The minimum absolute atomic E-state index is 0.0217. The van der Waals surface area contributed by atoms with Crippen LogP contribution >= 0.6 is 0 Å². The largest absolute Gasteiger partial charge is 0.488 e. The molecule has 0 spiro atoms. The number of aliphatic hydroxyl groups excluding tert-OH is 1. The van der Waals surface area contributed by atoms with Crippen molar-refractivity contribution in [1.29, 1.82) is 0 Å². The van der Waals surface area contributed by atoms with Gasteiger partial charge in [-0.15, -0.1) is 0 Å². The van der Waals surface area contributed by atoms with Crippen LogP contribution in [0, 0.1) is 18.8 Å². The Kier molecular flexibility index (Phi) is 6.17. The molecule has 172 valence electrons. The highest BCUT2D eigenvalue weighted by Gasteiger charge is 2.42. The SMILES string of the molecule is Cc1cc(CN2C[C@H]3C[C@@H](Oc4ccc(C(=O)N5CCOCC5)cc4)[C@H](O)C[C@H]3C2)on1. The molecule has 32 heavy (non-hydrogen) atoms. The van der Waals surface area contributed by atoms with E-state index in [1.807, 2.05) is 42.2 Å². The Hall–Kier alpha value is -2.42. The lowest BCUT2D eigenvalue weighted by molar-refractivity contribution is -0.0231. The molecule has 1 aromatic heterocycles. The van der Waals surface area contributed by atoms with Crippen molar-refractivity contribution in [3.63, 3.8) is 0 Å². The zero-order valence-corrected chi connectivity index (χ0v) is 18.5. The van der Waals surface area contributed by atoms with Crippen LogP contribution in [-0.2, 0) is 11.3 Å². The van der Waals surface area contributed by atoms with E-state index in [9.17, 15) is 9.90 Å². The van der Waals surface area contributed by atoms with Crippen molar-refractivity contribution in [3.8, 4) is 5.75 Å². The van der Waals surface area contributed by atoms with Crippen LogP contribution in [0.1, 0.15) is 34.7 Å². The maximum absolute atomic E-state index is 12.6. The molecule has 1 aliphatic carbocycles. The van der Waals surface area contributed by atoms with E-state index in [4.69, 9.17) is 14.0 Å². The molecule has 0 unspecified atom stereocenters. The average Bonchev–Trinajstić information content (AvgIpc) is 3.39. The number of fused-ring (bicyclic) bond motifs is 1. The summed E-state index contributed by atoms with van der Waals surface area (Å²) in [5, 5.41) is 14.7. The summed E-state index contributed by atoms with van der Waals surface area (Å²) in [5.41, 5.74) is 1.55. The van der Waals surface area contributed by atoms with E-state index in [0.717, 1.165) is 43.9 Å². The van der Waals surface area contributed by atoms with Crippen molar-refractivity contribution < 1.29 is 23.9 Å². The van der Waals surface area contributed by atoms with Gasteiger partial charge in [0.15, 0.2) is 5.76 Å². The molecule has 3 aliphatic rings. The Morgan fingerprint density at radius 2 is 1.88 bits per heavy atom. The standard InChI is InChI=1S/C24H31N3O5/c1-16-10-21(32-25-16)15-26-13-18-11-22(28)23(12-19(18)14-26)31-20-4-2-17(3-5-20)24(29)27-6-8-30-9-7-27/h2-5,10,18-19,22-23,28H,6-9,11-15H2,1H3/t18-,19+,22+,23+/m0/s1. The van der Waals surface area contributed by atoms with Gasteiger partial charge in [0.25, 0.3) is 5.91 Å². The zero-order valence-electron chi connectivity index (χ0n) is 18.5. The molecule has 1 N–H and O–H groups in total. The second-order valence-corrected chi connectivity index (χ2v) is 9.27. The Morgan fingerprint density at radius 3 is 2.56 bits per heavy atom. The molecular weight excluding hydrogens is 410 g/mol. The maximum atomic E-state index is 12.6. The van der Waals surface area contributed by atoms with Crippen LogP contribution in [0.5, 0.6) is 5.75 Å². The summed E-state index contributed by atoms with van der Waals surface area (Å²) in [5.74, 6) is 2.57. The van der Waals surface area contributed by atoms with Gasteiger partial charge >= 0.3 is 0 Å².